The van der Waals surface area contributed by atoms with Crippen LogP contribution >= 0.6 is 11.6 Å². The van der Waals surface area contributed by atoms with Gasteiger partial charge in [-0.3, -0.25) is 4.79 Å². The fourth-order valence-electron chi connectivity index (χ4n) is 1.48. The van der Waals surface area contributed by atoms with Crippen molar-refractivity contribution in [2.75, 3.05) is 11.9 Å². The summed E-state index contributed by atoms with van der Waals surface area (Å²) in [5.74, 6) is -1.47. The Morgan fingerprint density at radius 1 is 1.43 bits per heavy atom. The molecule has 6 nitrogen and oxygen atoms in total. The van der Waals surface area contributed by atoms with Crippen LogP contribution in [0, 0.1) is 5.82 Å². The van der Waals surface area contributed by atoms with Gasteiger partial charge in [0.2, 0.25) is 15.9 Å². The van der Waals surface area contributed by atoms with Gasteiger partial charge in [0.25, 0.3) is 0 Å². The summed E-state index contributed by atoms with van der Waals surface area (Å²) in [6, 6.07) is 1.80. The van der Waals surface area contributed by atoms with Crippen LogP contribution in [0.1, 0.15) is 20.8 Å². The first-order chi connectivity index (χ1) is 9.48. The van der Waals surface area contributed by atoms with Crippen molar-refractivity contribution in [1.82, 2.24) is 4.72 Å². The molecule has 0 spiro atoms. The lowest BCUT2D eigenvalue weighted by Gasteiger charge is -2.24. The molecule has 0 aliphatic carbocycles. The highest BCUT2D eigenvalue weighted by Crippen LogP contribution is 2.28. The van der Waals surface area contributed by atoms with Crippen LogP contribution in [0.4, 0.5) is 10.1 Å². The lowest BCUT2D eigenvalue weighted by Crippen LogP contribution is -2.48. The van der Waals surface area contributed by atoms with Gasteiger partial charge in [0.05, 0.1) is 10.7 Å². The number of anilines is 1. The molecule has 0 saturated heterocycles. The fourth-order valence-corrected chi connectivity index (χ4v) is 3.27. The maximum absolute atomic E-state index is 14.0. The molecule has 0 bridgehead atoms. The Labute approximate surface area is 127 Å². The van der Waals surface area contributed by atoms with E-state index in [4.69, 9.17) is 17.3 Å². The van der Waals surface area contributed by atoms with E-state index >= 15 is 0 Å². The standard InChI is InChI=1S/C12H17ClFN3O3S/c1-7(18)16-10-5-9(14)11(4-8(10)13)21(19,20)17-12(2,3)6-15/h4-5,17H,6,15H2,1-3H3,(H,16,18). The van der Waals surface area contributed by atoms with Crippen LogP contribution in [-0.4, -0.2) is 26.4 Å². The van der Waals surface area contributed by atoms with Crippen molar-refractivity contribution >= 4 is 33.2 Å². The van der Waals surface area contributed by atoms with E-state index in [1.165, 1.54) is 6.92 Å². The second-order valence-corrected chi connectivity index (χ2v) is 7.20. The molecule has 0 heterocycles. The minimum Gasteiger partial charge on any atom is -0.329 e. The second-order valence-electron chi connectivity index (χ2n) is 5.14. The van der Waals surface area contributed by atoms with Crippen LogP contribution in [-0.2, 0) is 14.8 Å². The largest absolute Gasteiger partial charge is 0.329 e. The van der Waals surface area contributed by atoms with E-state index < -0.39 is 32.2 Å². The number of nitrogens with one attached hydrogen (secondary N) is 2. The van der Waals surface area contributed by atoms with Gasteiger partial charge in [0, 0.05) is 25.1 Å². The molecule has 0 radical (unpaired) electrons. The van der Waals surface area contributed by atoms with Crippen molar-refractivity contribution in [2.45, 2.75) is 31.2 Å². The molecule has 0 aromatic heterocycles. The van der Waals surface area contributed by atoms with Gasteiger partial charge in [-0.15, -0.1) is 0 Å². The van der Waals surface area contributed by atoms with Crippen molar-refractivity contribution < 1.29 is 17.6 Å². The number of carbonyl (C=O) groups is 1. The van der Waals surface area contributed by atoms with Crippen LogP contribution in [0.15, 0.2) is 17.0 Å². The maximum atomic E-state index is 14.0. The van der Waals surface area contributed by atoms with Crippen molar-refractivity contribution in [3.8, 4) is 0 Å². The molecule has 9 heteroatoms. The average Bonchev–Trinajstić information content (AvgIpc) is 2.31. The van der Waals surface area contributed by atoms with Gasteiger partial charge in [-0.25, -0.2) is 17.5 Å². The first-order valence-electron chi connectivity index (χ1n) is 5.99. The summed E-state index contributed by atoms with van der Waals surface area (Å²) in [7, 11) is -4.13. The molecule has 0 saturated carbocycles. The van der Waals surface area contributed by atoms with E-state index in [9.17, 15) is 17.6 Å². The smallest absolute Gasteiger partial charge is 0.244 e. The summed E-state index contributed by atoms with van der Waals surface area (Å²) in [6.07, 6.45) is 0. The second kappa shape index (κ2) is 6.27. The van der Waals surface area contributed by atoms with Gasteiger partial charge in [0.1, 0.15) is 10.7 Å². The van der Waals surface area contributed by atoms with Crippen molar-refractivity contribution in [2.24, 2.45) is 5.73 Å². The zero-order valence-electron chi connectivity index (χ0n) is 11.8. The van der Waals surface area contributed by atoms with E-state index in [0.29, 0.717) is 0 Å². The Balaban J connectivity index is 3.26. The molecule has 1 aromatic carbocycles. The van der Waals surface area contributed by atoms with Gasteiger partial charge in [-0.1, -0.05) is 11.6 Å². The summed E-state index contributed by atoms with van der Waals surface area (Å²) in [4.78, 5) is 10.3. The first-order valence-corrected chi connectivity index (χ1v) is 7.85. The normalized spacial score (nSPS) is 12.3. The van der Waals surface area contributed by atoms with Gasteiger partial charge < -0.3 is 11.1 Å². The van der Waals surface area contributed by atoms with E-state index in [2.05, 4.69) is 10.0 Å². The number of amides is 1. The summed E-state index contributed by atoms with van der Waals surface area (Å²) in [6.45, 7) is 4.39. The zero-order chi connectivity index (χ0) is 16.4. The highest BCUT2D eigenvalue weighted by molar-refractivity contribution is 7.89. The fraction of sp³-hybridized carbons (Fsp3) is 0.417. The molecule has 0 aliphatic heterocycles. The van der Waals surface area contributed by atoms with Gasteiger partial charge in [-0.05, 0) is 19.9 Å². The van der Waals surface area contributed by atoms with E-state index in [1.54, 1.807) is 13.8 Å². The number of hydrogen-bond donors (Lipinski definition) is 3. The SMILES string of the molecule is CC(=O)Nc1cc(F)c(S(=O)(=O)NC(C)(C)CN)cc1Cl. The Kier molecular flexibility index (Phi) is 5.32. The molecule has 118 valence electrons. The van der Waals surface area contributed by atoms with Crippen molar-refractivity contribution in [3.05, 3.63) is 23.0 Å². The van der Waals surface area contributed by atoms with Crippen LogP contribution in [0.2, 0.25) is 5.02 Å². The predicted octanol–water partition coefficient (Wildman–Crippen LogP) is 1.45. The minimum absolute atomic E-state index is 0.00120. The van der Waals surface area contributed by atoms with Crippen LogP contribution in [0.25, 0.3) is 0 Å². The molecule has 1 aromatic rings. The zero-order valence-corrected chi connectivity index (χ0v) is 13.4. The average molecular weight is 338 g/mol. The monoisotopic (exact) mass is 337 g/mol. The number of halogens is 2. The number of carbonyl (C=O) groups excluding carboxylic acids is 1. The van der Waals surface area contributed by atoms with E-state index in [-0.39, 0.29) is 17.3 Å². The molecule has 21 heavy (non-hydrogen) atoms. The Bertz CT molecular complexity index is 662. The van der Waals surface area contributed by atoms with E-state index in [0.717, 1.165) is 12.1 Å². The van der Waals surface area contributed by atoms with Crippen LogP contribution in [0.3, 0.4) is 0 Å². The molecule has 1 amide bonds. The van der Waals surface area contributed by atoms with Crippen molar-refractivity contribution in [3.63, 3.8) is 0 Å². The number of nitrogens with two attached hydrogens (primary N) is 1. The Hall–Kier alpha value is -1.22. The predicted molar refractivity (Wildman–Crippen MR) is 79.2 cm³/mol. The number of benzene rings is 1. The third-order valence-corrected chi connectivity index (χ3v) is 4.57. The topological polar surface area (TPSA) is 101 Å². The highest BCUT2D eigenvalue weighted by Gasteiger charge is 2.28. The molecular weight excluding hydrogens is 321 g/mol. The summed E-state index contributed by atoms with van der Waals surface area (Å²) < 4.78 is 40.6. The molecule has 1 rings (SSSR count). The molecule has 0 aliphatic rings. The van der Waals surface area contributed by atoms with Gasteiger partial charge in [0.15, 0.2) is 0 Å². The summed E-state index contributed by atoms with van der Waals surface area (Å²) in [5.41, 5.74) is 4.51. The third kappa shape index (κ3) is 4.63. The number of hydrogen-bond acceptors (Lipinski definition) is 4. The molecule has 0 unspecified atom stereocenters. The lowest BCUT2D eigenvalue weighted by molar-refractivity contribution is -0.114. The molecular formula is C12H17ClFN3O3S. The summed E-state index contributed by atoms with van der Waals surface area (Å²) in [5, 5.41) is 2.22. The minimum atomic E-state index is -4.13. The lowest BCUT2D eigenvalue weighted by atomic mass is 10.1. The maximum Gasteiger partial charge on any atom is 0.244 e. The van der Waals surface area contributed by atoms with Gasteiger partial charge in [-0.2, -0.15) is 0 Å². The summed E-state index contributed by atoms with van der Waals surface area (Å²) >= 11 is 5.86. The quantitative estimate of drug-likeness (QED) is 0.757. The Morgan fingerprint density at radius 3 is 2.48 bits per heavy atom. The van der Waals surface area contributed by atoms with Crippen LogP contribution < -0.4 is 15.8 Å². The first kappa shape index (κ1) is 17.8. The molecule has 0 atom stereocenters. The number of sulfonamides is 1. The van der Waals surface area contributed by atoms with Crippen LogP contribution in [0.5, 0.6) is 0 Å². The van der Waals surface area contributed by atoms with E-state index in [1.807, 2.05) is 0 Å². The third-order valence-electron chi connectivity index (χ3n) is 2.54. The number of rotatable bonds is 5. The van der Waals surface area contributed by atoms with Gasteiger partial charge >= 0.3 is 0 Å². The van der Waals surface area contributed by atoms with Crippen molar-refractivity contribution in [1.29, 1.82) is 0 Å². The molecule has 0 fully saturated rings. The highest BCUT2D eigenvalue weighted by atomic mass is 35.5. The molecule has 4 N–H and O–H groups in total. The Morgan fingerprint density at radius 2 is 2.00 bits per heavy atom.